The molecule has 2 atom stereocenters. The molecule has 0 radical (unpaired) electrons. The second-order valence-corrected chi connectivity index (χ2v) is 5.42. The van der Waals surface area contributed by atoms with E-state index in [2.05, 4.69) is 13.8 Å². The van der Waals surface area contributed by atoms with Crippen LogP contribution < -0.4 is 5.73 Å². The zero-order valence-electron chi connectivity index (χ0n) is 8.89. The molecule has 2 fully saturated rings. The van der Waals surface area contributed by atoms with E-state index in [0.717, 1.165) is 6.42 Å². The van der Waals surface area contributed by atoms with Crippen molar-refractivity contribution in [1.29, 1.82) is 0 Å². The molecule has 0 aromatic rings. The van der Waals surface area contributed by atoms with Gasteiger partial charge in [0.15, 0.2) is 5.79 Å². The first-order valence-electron chi connectivity index (χ1n) is 4.88. The van der Waals surface area contributed by atoms with Crippen molar-refractivity contribution in [3.05, 3.63) is 0 Å². The molecule has 1 aliphatic heterocycles. The van der Waals surface area contributed by atoms with Gasteiger partial charge in [0, 0.05) is 0 Å². The quantitative estimate of drug-likeness (QED) is 0.669. The van der Waals surface area contributed by atoms with Crippen molar-refractivity contribution in [1.82, 2.24) is 0 Å². The first-order valence-corrected chi connectivity index (χ1v) is 4.88. The van der Waals surface area contributed by atoms with Crippen LogP contribution in [0, 0.1) is 5.41 Å². The molecule has 0 bridgehead atoms. The molecule has 2 rings (SSSR count). The average molecular weight is 185 g/mol. The van der Waals surface area contributed by atoms with Crippen molar-refractivity contribution in [2.45, 2.75) is 51.5 Å². The Hall–Kier alpha value is -0.120. The van der Waals surface area contributed by atoms with Gasteiger partial charge in [0.1, 0.15) is 6.10 Å². The molecule has 3 heteroatoms. The van der Waals surface area contributed by atoms with Crippen molar-refractivity contribution in [2.75, 3.05) is 6.61 Å². The lowest BCUT2D eigenvalue weighted by Gasteiger charge is -2.23. The van der Waals surface area contributed by atoms with E-state index in [4.69, 9.17) is 15.2 Å². The topological polar surface area (TPSA) is 44.5 Å². The highest BCUT2D eigenvalue weighted by atomic mass is 16.7. The van der Waals surface area contributed by atoms with Crippen LogP contribution in [0.5, 0.6) is 0 Å². The number of hydrogen-bond acceptors (Lipinski definition) is 3. The highest BCUT2D eigenvalue weighted by Crippen LogP contribution is 2.57. The van der Waals surface area contributed by atoms with Gasteiger partial charge in [-0.25, -0.2) is 0 Å². The van der Waals surface area contributed by atoms with E-state index in [0.29, 0.717) is 6.61 Å². The first-order chi connectivity index (χ1) is 5.77. The van der Waals surface area contributed by atoms with Gasteiger partial charge in [-0.05, 0) is 25.7 Å². The zero-order valence-corrected chi connectivity index (χ0v) is 8.89. The van der Waals surface area contributed by atoms with Crippen LogP contribution in [0.25, 0.3) is 0 Å². The Morgan fingerprint density at radius 1 is 1.23 bits per heavy atom. The van der Waals surface area contributed by atoms with E-state index in [-0.39, 0.29) is 17.1 Å². The third-order valence-electron chi connectivity index (χ3n) is 3.45. The Bertz CT molecular complexity index is 237. The molecule has 1 aliphatic carbocycles. The monoisotopic (exact) mass is 185 g/mol. The standard InChI is InChI=1S/C10H19NO2/c1-8(2)6-10(8,11)7-5-12-9(3,4)13-7/h7H,5-6,11H2,1-4H3. The van der Waals surface area contributed by atoms with Gasteiger partial charge in [-0.1, -0.05) is 13.8 Å². The molecule has 0 aromatic carbocycles. The number of hydrogen-bond donors (Lipinski definition) is 1. The summed E-state index contributed by atoms with van der Waals surface area (Å²) in [6.07, 6.45) is 1.10. The van der Waals surface area contributed by atoms with Crippen LogP contribution >= 0.6 is 0 Å². The fraction of sp³-hybridized carbons (Fsp3) is 1.00. The van der Waals surface area contributed by atoms with Crippen LogP contribution in [0.3, 0.4) is 0 Å². The number of rotatable bonds is 1. The Kier molecular flexibility index (Phi) is 1.65. The van der Waals surface area contributed by atoms with Gasteiger partial charge < -0.3 is 15.2 Å². The Morgan fingerprint density at radius 3 is 2.08 bits per heavy atom. The average Bonchev–Trinajstić information content (AvgIpc) is 2.36. The van der Waals surface area contributed by atoms with Crippen molar-refractivity contribution in [3.8, 4) is 0 Å². The molecule has 3 nitrogen and oxygen atoms in total. The molecule has 2 unspecified atom stereocenters. The second kappa shape index (κ2) is 2.27. The van der Waals surface area contributed by atoms with E-state index >= 15 is 0 Å². The summed E-state index contributed by atoms with van der Waals surface area (Å²) >= 11 is 0. The first kappa shape index (κ1) is 9.44. The summed E-state index contributed by atoms with van der Waals surface area (Å²) in [5.74, 6) is -0.449. The van der Waals surface area contributed by atoms with Gasteiger partial charge in [0.25, 0.3) is 0 Å². The lowest BCUT2D eigenvalue weighted by molar-refractivity contribution is -0.143. The van der Waals surface area contributed by atoms with Crippen molar-refractivity contribution in [2.24, 2.45) is 11.1 Å². The highest BCUT2D eigenvalue weighted by molar-refractivity contribution is 5.20. The van der Waals surface area contributed by atoms with Gasteiger partial charge >= 0.3 is 0 Å². The lowest BCUT2D eigenvalue weighted by atomic mass is 10.0. The zero-order chi connectivity index (χ0) is 9.91. The third kappa shape index (κ3) is 1.30. The summed E-state index contributed by atoms with van der Waals surface area (Å²) in [6.45, 7) is 8.87. The fourth-order valence-electron chi connectivity index (χ4n) is 2.18. The van der Waals surface area contributed by atoms with E-state index in [1.165, 1.54) is 0 Å². The van der Waals surface area contributed by atoms with Crippen molar-refractivity contribution in [3.63, 3.8) is 0 Å². The molecule has 0 aromatic heterocycles. The van der Waals surface area contributed by atoms with Gasteiger partial charge in [-0.2, -0.15) is 0 Å². The maximum absolute atomic E-state index is 6.25. The SMILES string of the molecule is CC1(C)OCC(C2(N)CC2(C)C)O1. The molecule has 1 heterocycles. The fourth-order valence-corrected chi connectivity index (χ4v) is 2.18. The highest BCUT2D eigenvalue weighted by Gasteiger charge is 2.65. The molecule has 2 aliphatic rings. The molecule has 13 heavy (non-hydrogen) atoms. The van der Waals surface area contributed by atoms with Crippen molar-refractivity contribution >= 4 is 0 Å². The van der Waals surface area contributed by atoms with Crippen LogP contribution in [0.2, 0.25) is 0 Å². The van der Waals surface area contributed by atoms with E-state index in [9.17, 15) is 0 Å². The van der Waals surface area contributed by atoms with E-state index < -0.39 is 5.79 Å². The summed E-state index contributed by atoms with van der Waals surface area (Å²) in [5.41, 5.74) is 6.29. The smallest absolute Gasteiger partial charge is 0.163 e. The molecule has 1 saturated carbocycles. The summed E-state index contributed by atoms with van der Waals surface area (Å²) < 4.78 is 11.3. The van der Waals surface area contributed by atoms with Gasteiger partial charge in [0.2, 0.25) is 0 Å². The predicted molar refractivity (Wildman–Crippen MR) is 50.2 cm³/mol. The van der Waals surface area contributed by atoms with Gasteiger partial charge in [-0.3, -0.25) is 0 Å². The number of ether oxygens (including phenoxy) is 2. The predicted octanol–water partition coefficient (Wildman–Crippen LogP) is 1.27. The normalized spacial score (nSPS) is 46.4. The number of nitrogens with two attached hydrogens (primary N) is 1. The molecular weight excluding hydrogens is 166 g/mol. The third-order valence-corrected chi connectivity index (χ3v) is 3.45. The summed E-state index contributed by atoms with van der Waals surface area (Å²) in [5, 5.41) is 0. The van der Waals surface area contributed by atoms with Gasteiger partial charge in [-0.15, -0.1) is 0 Å². The van der Waals surface area contributed by atoms with Crippen LogP contribution in [0.15, 0.2) is 0 Å². The largest absolute Gasteiger partial charge is 0.348 e. The Balaban J connectivity index is 2.06. The molecule has 0 amide bonds. The van der Waals surface area contributed by atoms with Crippen LogP contribution in [0.1, 0.15) is 34.1 Å². The molecule has 76 valence electrons. The summed E-state index contributed by atoms with van der Waals surface area (Å²) in [7, 11) is 0. The van der Waals surface area contributed by atoms with Gasteiger partial charge in [0.05, 0.1) is 12.1 Å². The van der Waals surface area contributed by atoms with E-state index in [1.807, 2.05) is 13.8 Å². The van der Waals surface area contributed by atoms with E-state index in [1.54, 1.807) is 0 Å². The van der Waals surface area contributed by atoms with Crippen molar-refractivity contribution < 1.29 is 9.47 Å². The van der Waals surface area contributed by atoms with Crippen LogP contribution in [0.4, 0.5) is 0 Å². The Morgan fingerprint density at radius 2 is 1.77 bits per heavy atom. The minimum Gasteiger partial charge on any atom is -0.348 e. The maximum Gasteiger partial charge on any atom is 0.163 e. The lowest BCUT2D eigenvalue weighted by Crippen LogP contribution is -2.43. The minimum atomic E-state index is -0.449. The second-order valence-electron chi connectivity index (χ2n) is 5.42. The summed E-state index contributed by atoms with van der Waals surface area (Å²) in [6, 6.07) is 0. The molecular formula is C10H19NO2. The Labute approximate surface area is 79.6 Å². The summed E-state index contributed by atoms with van der Waals surface area (Å²) in [4.78, 5) is 0. The minimum absolute atomic E-state index is 0.0671. The molecule has 1 saturated heterocycles. The molecule has 2 N–H and O–H groups in total. The molecule has 0 spiro atoms. The van der Waals surface area contributed by atoms with Crippen LogP contribution in [-0.2, 0) is 9.47 Å². The maximum atomic E-state index is 6.25. The van der Waals surface area contributed by atoms with Crippen LogP contribution in [-0.4, -0.2) is 24.0 Å².